The number of rotatable bonds is 4. The van der Waals surface area contributed by atoms with Crippen molar-refractivity contribution in [2.45, 2.75) is 6.54 Å². The summed E-state index contributed by atoms with van der Waals surface area (Å²) in [6.07, 6.45) is 3.41. The molecule has 0 aliphatic rings. The quantitative estimate of drug-likeness (QED) is 0.805. The van der Waals surface area contributed by atoms with Crippen LogP contribution in [0, 0.1) is 0 Å². The van der Waals surface area contributed by atoms with E-state index in [0.717, 1.165) is 16.1 Å². The molecule has 0 radical (unpaired) electrons. The van der Waals surface area contributed by atoms with Crippen LogP contribution in [0.1, 0.15) is 16.1 Å². The molecule has 1 amide bonds. The van der Waals surface area contributed by atoms with E-state index >= 15 is 0 Å². The van der Waals surface area contributed by atoms with Crippen LogP contribution in [0.5, 0.6) is 0 Å². The minimum absolute atomic E-state index is 0.176. The van der Waals surface area contributed by atoms with Gasteiger partial charge in [-0.3, -0.25) is 14.5 Å². The highest BCUT2D eigenvalue weighted by Crippen LogP contribution is 2.24. The number of aryl methyl sites for hydroxylation is 1. The number of aromatic nitrogens is 3. The molecule has 0 atom stereocenters. The molecule has 0 unspecified atom stereocenters. The standard InChI is InChI=1S/C15H14N4OS/c1-19-13(14-3-2-8-21-14)9-12(18-19)15(20)17-10-11-4-6-16-7-5-11/h2-9H,10H2,1H3,(H,17,20). The van der Waals surface area contributed by atoms with Crippen LogP contribution in [0.3, 0.4) is 0 Å². The first-order chi connectivity index (χ1) is 10.2. The number of hydrogen-bond acceptors (Lipinski definition) is 4. The van der Waals surface area contributed by atoms with E-state index in [2.05, 4.69) is 15.4 Å². The number of nitrogens with one attached hydrogen (secondary N) is 1. The Bertz CT molecular complexity index is 734. The van der Waals surface area contributed by atoms with Crippen molar-refractivity contribution in [3.8, 4) is 10.6 Å². The third-order valence-corrected chi connectivity index (χ3v) is 3.98. The SMILES string of the molecule is Cn1nc(C(=O)NCc2ccncc2)cc1-c1cccs1. The average molecular weight is 298 g/mol. The molecular weight excluding hydrogens is 284 g/mol. The normalized spacial score (nSPS) is 10.5. The van der Waals surface area contributed by atoms with E-state index in [0.29, 0.717) is 12.2 Å². The predicted octanol–water partition coefficient (Wildman–Crippen LogP) is 2.47. The number of nitrogens with zero attached hydrogens (tertiary/aromatic N) is 3. The number of pyridine rings is 1. The lowest BCUT2D eigenvalue weighted by atomic mass is 10.2. The number of hydrogen-bond donors (Lipinski definition) is 1. The zero-order valence-corrected chi connectivity index (χ0v) is 12.3. The maximum Gasteiger partial charge on any atom is 0.272 e. The Hall–Kier alpha value is -2.47. The molecule has 21 heavy (non-hydrogen) atoms. The van der Waals surface area contributed by atoms with Crippen LogP contribution in [0.4, 0.5) is 0 Å². The Labute approximate surface area is 126 Å². The van der Waals surface area contributed by atoms with E-state index in [1.165, 1.54) is 0 Å². The average Bonchev–Trinajstić information content (AvgIpc) is 3.15. The van der Waals surface area contributed by atoms with Crippen molar-refractivity contribution in [3.63, 3.8) is 0 Å². The van der Waals surface area contributed by atoms with Gasteiger partial charge in [0.15, 0.2) is 5.69 Å². The van der Waals surface area contributed by atoms with Crippen molar-refractivity contribution < 1.29 is 4.79 Å². The van der Waals surface area contributed by atoms with Crippen LogP contribution >= 0.6 is 11.3 Å². The molecular formula is C15H14N4OS. The zero-order chi connectivity index (χ0) is 14.7. The van der Waals surface area contributed by atoms with Gasteiger partial charge in [-0.25, -0.2) is 0 Å². The van der Waals surface area contributed by atoms with Gasteiger partial charge >= 0.3 is 0 Å². The molecule has 0 bridgehead atoms. The Balaban J connectivity index is 1.72. The molecule has 0 saturated carbocycles. The molecule has 5 nitrogen and oxygen atoms in total. The van der Waals surface area contributed by atoms with E-state index in [1.54, 1.807) is 28.4 Å². The first-order valence-electron chi connectivity index (χ1n) is 6.49. The lowest BCUT2D eigenvalue weighted by Gasteiger charge is -2.02. The van der Waals surface area contributed by atoms with Crippen LogP contribution in [0.2, 0.25) is 0 Å². The van der Waals surface area contributed by atoms with Crippen LogP contribution < -0.4 is 5.32 Å². The van der Waals surface area contributed by atoms with Gasteiger partial charge in [0, 0.05) is 26.0 Å². The van der Waals surface area contributed by atoms with E-state index in [1.807, 2.05) is 42.8 Å². The third kappa shape index (κ3) is 3.00. The van der Waals surface area contributed by atoms with Crippen LogP contribution in [0.25, 0.3) is 10.6 Å². The highest BCUT2D eigenvalue weighted by molar-refractivity contribution is 7.13. The van der Waals surface area contributed by atoms with Gasteiger partial charge in [-0.1, -0.05) is 6.07 Å². The molecule has 0 saturated heterocycles. The fourth-order valence-corrected chi connectivity index (χ4v) is 2.78. The summed E-state index contributed by atoms with van der Waals surface area (Å²) in [7, 11) is 1.84. The third-order valence-electron chi connectivity index (χ3n) is 3.09. The molecule has 0 aromatic carbocycles. The van der Waals surface area contributed by atoms with Gasteiger partial charge in [0.25, 0.3) is 5.91 Å². The molecule has 3 heterocycles. The summed E-state index contributed by atoms with van der Waals surface area (Å²) in [6, 6.07) is 9.55. The molecule has 6 heteroatoms. The highest BCUT2D eigenvalue weighted by atomic mass is 32.1. The first kappa shape index (κ1) is 13.5. The first-order valence-corrected chi connectivity index (χ1v) is 7.37. The Morgan fingerprint density at radius 1 is 1.33 bits per heavy atom. The fraction of sp³-hybridized carbons (Fsp3) is 0.133. The molecule has 0 aliphatic carbocycles. The fourth-order valence-electron chi connectivity index (χ4n) is 2.01. The van der Waals surface area contributed by atoms with Crippen molar-refractivity contribution in [1.29, 1.82) is 0 Å². The van der Waals surface area contributed by atoms with Crippen LogP contribution in [-0.4, -0.2) is 20.7 Å². The Morgan fingerprint density at radius 2 is 2.14 bits per heavy atom. The molecule has 0 aliphatic heterocycles. The molecule has 0 spiro atoms. The van der Waals surface area contributed by atoms with Crippen LogP contribution in [-0.2, 0) is 13.6 Å². The minimum Gasteiger partial charge on any atom is -0.347 e. The molecule has 3 aromatic rings. The lowest BCUT2D eigenvalue weighted by Crippen LogP contribution is -2.23. The summed E-state index contributed by atoms with van der Waals surface area (Å²) >= 11 is 1.63. The van der Waals surface area contributed by atoms with Gasteiger partial charge in [-0.15, -0.1) is 11.3 Å². The second-order valence-corrected chi connectivity index (χ2v) is 5.50. The lowest BCUT2D eigenvalue weighted by molar-refractivity contribution is 0.0945. The topological polar surface area (TPSA) is 59.8 Å². The van der Waals surface area contributed by atoms with Crippen molar-refractivity contribution in [2.24, 2.45) is 7.05 Å². The van der Waals surface area contributed by atoms with Crippen molar-refractivity contribution >= 4 is 17.2 Å². The van der Waals surface area contributed by atoms with Gasteiger partial charge in [-0.2, -0.15) is 5.10 Å². The smallest absolute Gasteiger partial charge is 0.272 e. The number of amides is 1. The highest BCUT2D eigenvalue weighted by Gasteiger charge is 2.14. The Kier molecular flexibility index (Phi) is 3.79. The minimum atomic E-state index is -0.176. The van der Waals surface area contributed by atoms with Gasteiger partial charge < -0.3 is 5.32 Å². The molecule has 3 rings (SSSR count). The Morgan fingerprint density at radius 3 is 2.86 bits per heavy atom. The van der Waals surface area contributed by atoms with Crippen molar-refractivity contribution in [1.82, 2.24) is 20.1 Å². The van der Waals surface area contributed by atoms with Gasteiger partial charge in [0.05, 0.1) is 10.6 Å². The largest absolute Gasteiger partial charge is 0.347 e. The summed E-state index contributed by atoms with van der Waals surface area (Å²) < 4.78 is 1.73. The summed E-state index contributed by atoms with van der Waals surface area (Å²) in [6.45, 7) is 0.465. The maximum atomic E-state index is 12.2. The second kappa shape index (κ2) is 5.88. The number of carbonyl (C=O) groups excluding carboxylic acids is 1. The zero-order valence-electron chi connectivity index (χ0n) is 11.5. The summed E-state index contributed by atoms with van der Waals surface area (Å²) in [5.74, 6) is -0.176. The maximum absolute atomic E-state index is 12.2. The summed E-state index contributed by atoms with van der Waals surface area (Å²) in [5, 5.41) is 9.15. The van der Waals surface area contributed by atoms with Gasteiger partial charge in [0.1, 0.15) is 0 Å². The number of thiophene rings is 1. The van der Waals surface area contributed by atoms with Crippen molar-refractivity contribution in [3.05, 3.63) is 59.4 Å². The van der Waals surface area contributed by atoms with Gasteiger partial charge in [0.2, 0.25) is 0 Å². The van der Waals surface area contributed by atoms with Crippen LogP contribution in [0.15, 0.2) is 48.1 Å². The number of carbonyl (C=O) groups is 1. The summed E-state index contributed by atoms with van der Waals surface area (Å²) in [4.78, 5) is 17.2. The van der Waals surface area contributed by atoms with E-state index in [9.17, 15) is 4.79 Å². The predicted molar refractivity (Wildman–Crippen MR) is 81.9 cm³/mol. The monoisotopic (exact) mass is 298 g/mol. The molecule has 106 valence electrons. The van der Waals surface area contributed by atoms with E-state index < -0.39 is 0 Å². The van der Waals surface area contributed by atoms with Gasteiger partial charge in [-0.05, 0) is 35.2 Å². The van der Waals surface area contributed by atoms with E-state index in [4.69, 9.17) is 0 Å². The van der Waals surface area contributed by atoms with Crippen molar-refractivity contribution in [2.75, 3.05) is 0 Å². The van der Waals surface area contributed by atoms with E-state index in [-0.39, 0.29) is 5.91 Å². The summed E-state index contributed by atoms with van der Waals surface area (Å²) in [5.41, 5.74) is 2.38. The molecule has 1 N–H and O–H groups in total. The molecule has 0 fully saturated rings. The second-order valence-electron chi connectivity index (χ2n) is 4.55. The molecule has 3 aromatic heterocycles.